The maximum atomic E-state index is 4.47. The second-order valence-corrected chi connectivity index (χ2v) is 5.18. The van der Waals surface area contributed by atoms with Crippen molar-refractivity contribution in [2.75, 3.05) is 13.7 Å². The Kier molecular flexibility index (Phi) is 2.50. The molecule has 0 atom stereocenters. The van der Waals surface area contributed by atoms with Gasteiger partial charge < -0.3 is 0 Å². The van der Waals surface area contributed by atoms with Crippen LogP contribution in [0.5, 0.6) is 0 Å². The van der Waals surface area contributed by atoms with Gasteiger partial charge in [-0.05, 0) is 11.4 Å². The largest absolute Gasteiger partial charge is 0.256 e. The fourth-order valence-corrected chi connectivity index (χ4v) is 2.75. The van der Waals surface area contributed by atoms with Crippen LogP contribution in [0.4, 0.5) is 0 Å². The van der Waals surface area contributed by atoms with Crippen molar-refractivity contribution in [3.63, 3.8) is 0 Å². The number of nitrogens with zero attached hydrogens (tertiary/aromatic N) is 5. The molecule has 82 valence electrons. The average molecular weight is 251 g/mol. The van der Waals surface area contributed by atoms with E-state index in [1.54, 1.807) is 17.7 Å². The fourth-order valence-electron chi connectivity index (χ4n) is 1.34. The number of hydrazine groups is 1. The van der Waals surface area contributed by atoms with Crippen LogP contribution in [0.25, 0.3) is 10.2 Å². The van der Waals surface area contributed by atoms with E-state index >= 15 is 0 Å². The molecule has 0 unspecified atom stereocenters. The van der Waals surface area contributed by atoms with Gasteiger partial charge >= 0.3 is 0 Å². The highest BCUT2D eigenvalue weighted by atomic mass is 32.2. The van der Waals surface area contributed by atoms with Gasteiger partial charge in [0.05, 0.1) is 10.2 Å². The first-order chi connectivity index (χ1) is 7.83. The summed E-state index contributed by atoms with van der Waals surface area (Å²) in [5, 5.41) is 4.76. The quantitative estimate of drug-likeness (QED) is 0.602. The molecule has 0 N–H and O–H groups in total. The Hall–Kier alpha value is -1.18. The molecule has 0 radical (unpaired) electrons. The Labute approximate surface area is 101 Å². The average Bonchev–Trinajstić information content (AvgIpc) is 2.88. The second kappa shape index (κ2) is 4.00. The van der Waals surface area contributed by atoms with Crippen LogP contribution < -0.4 is 0 Å². The van der Waals surface area contributed by atoms with Gasteiger partial charge in [0, 0.05) is 25.2 Å². The molecular formula is C9H9N5S2. The lowest BCUT2D eigenvalue weighted by molar-refractivity contribution is 0.217. The molecule has 7 heteroatoms. The Morgan fingerprint density at radius 1 is 1.50 bits per heavy atom. The Morgan fingerprint density at radius 3 is 3.25 bits per heavy atom. The molecular weight excluding hydrogens is 242 g/mol. The molecule has 3 heterocycles. The first-order valence-corrected chi connectivity index (χ1v) is 6.37. The van der Waals surface area contributed by atoms with Crippen molar-refractivity contribution < 1.29 is 0 Å². The zero-order valence-electron chi connectivity index (χ0n) is 8.57. The molecule has 1 aliphatic rings. The molecule has 16 heavy (non-hydrogen) atoms. The van der Waals surface area contributed by atoms with E-state index in [1.807, 2.05) is 34.1 Å². The third kappa shape index (κ3) is 1.77. The van der Waals surface area contributed by atoms with E-state index in [4.69, 9.17) is 0 Å². The first-order valence-electron chi connectivity index (χ1n) is 4.71. The van der Waals surface area contributed by atoms with Crippen LogP contribution in [0.2, 0.25) is 0 Å². The fraction of sp³-hybridized carbons (Fsp3) is 0.222. The molecule has 0 saturated carbocycles. The van der Waals surface area contributed by atoms with Gasteiger partial charge in [0.15, 0.2) is 0 Å². The monoisotopic (exact) mass is 251 g/mol. The lowest BCUT2D eigenvalue weighted by Crippen LogP contribution is -2.27. The smallest absolute Gasteiger partial charge is 0.210 e. The van der Waals surface area contributed by atoms with E-state index < -0.39 is 0 Å². The minimum absolute atomic E-state index is 0.688. The molecule has 0 bridgehead atoms. The van der Waals surface area contributed by atoms with Gasteiger partial charge in [0.25, 0.3) is 0 Å². The third-order valence-corrected chi connectivity index (χ3v) is 3.92. The molecule has 0 fully saturated rings. The van der Waals surface area contributed by atoms with E-state index in [0.29, 0.717) is 6.67 Å². The lowest BCUT2D eigenvalue weighted by Gasteiger charge is -2.19. The molecule has 0 saturated heterocycles. The van der Waals surface area contributed by atoms with Crippen molar-refractivity contribution in [3.05, 3.63) is 17.6 Å². The number of thiophene rings is 1. The summed E-state index contributed by atoms with van der Waals surface area (Å²) in [5.41, 5.74) is 1.00. The summed E-state index contributed by atoms with van der Waals surface area (Å²) < 4.78 is 3.04. The van der Waals surface area contributed by atoms with Gasteiger partial charge in [0.1, 0.15) is 13.0 Å². The van der Waals surface area contributed by atoms with Crippen molar-refractivity contribution in [2.24, 2.45) is 4.99 Å². The number of aliphatic imine (C=N–C) groups is 1. The molecule has 0 spiro atoms. The van der Waals surface area contributed by atoms with Crippen LogP contribution in [-0.2, 0) is 0 Å². The van der Waals surface area contributed by atoms with Gasteiger partial charge in [-0.25, -0.2) is 14.4 Å². The van der Waals surface area contributed by atoms with Crippen LogP contribution in [0.15, 0.2) is 27.8 Å². The molecule has 2 aromatic rings. The Bertz CT molecular complexity index is 537. The molecule has 0 aromatic carbocycles. The minimum atomic E-state index is 0.688. The summed E-state index contributed by atoms with van der Waals surface area (Å²) in [6, 6.07) is 2.01. The van der Waals surface area contributed by atoms with Crippen LogP contribution in [0.3, 0.4) is 0 Å². The zero-order chi connectivity index (χ0) is 11.0. The first kappa shape index (κ1) is 10.0. The maximum Gasteiger partial charge on any atom is 0.210 e. The van der Waals surface area contributed by atoms with E-state index in [0.717, 1.165) is 15.4 Å². The molecule has 3 rings (SSSR count). The number of rotatable bonds is 2. The number of hydrogen-bond acceptors (Lipinski definition) is 7. The molecule has 1 aliphatic heterocycles. The van der Waals surface area contributed by atoms with Gasteiger partial charge in [-0.15, -0.1) is 11.3 Å². The van der Waals surface area contributed by atoms with E-state index in [-0.39, 0.29) is 0 Å². The number of fused-ring (bicyclic) bond motifs is 1. The summed E-state index contributed by atoms with van der Waals surface area (Å²) in [4.78, 5) is 12.9. The standard InChI is InChI=1S/C9H9N5S2/c1-13-5-10-6-14(13)16-9-11-4-8-7(12-9)2-3-15-8/h2-4,6H,5H2,1H3. The SMILES string of the molecule is CN1CN=CN1Sc1ncc2sccc2n1. The molecule has 2 aromatic heterocycles. The van der Waals surface area contributed by atoms with Crippen molar-refractivity contribution in [2.45, 2.75) is 5.16 Å². The van der Waals surface area contributed by atoms with E-state index in [1.165, 1.54) is 11.9 Å². The summed E-state index contributed by atoms with van der Waals surface area (Å²) in [7, 11) is 1.98. The van der Waals surface area contributed by atoms with Crippen LogP contribution in [0.1, 0.15) is 0 Å². The predicted molar refractivity (Wildman–Crippen MR) is 66.2 cm³/mol. The molecule has 0 aliphatic carbocycles. The summed E-state index contributed by atoms with van der Waals surface area (Å²) >= 11 is 3.12. The van der Waals surface area contributed by atoms with Crippen LogP contribution >= 0.6 is 23.3 Å². The Balaban J connectivity index is 1.85. The normalized spacial score (nSPS) is 16.4. The topological polar surface area (TPSA) is 44.6 Å². The van der Waals surface area contributed by atoms with E-state index in [9.17, 15) is 0 Å². The summed E-state index contributed by atoms with van der Waals surface area (Å²) in [6.07, 6.45) is 3.65. The zero-order valence-corrected chi connectivity index (χ0v) is 10.2. The van der Waals surface area contributed by atoms with Gasteiger partial charge in [-0.3, -0.25) is 4.99 Å². The highest BCUT2D eigenvalue weighted by Gasteiger charge is 2.15. The second-order valence-electron chi connectivity index (χ2n) is 3.31. The van der Waals surface area contributed by atoms with Crippen LogP contribution in [-0.4, -0.2) is 39.4 Å². The van der Waals surface area contributed by atoms with Crippen molar-refractivity contribution in [3.8, 4) is 0 Å². The molecule has 5 nitrogen and oxygen atoms in total. The maximum absolute atomic E-state index is 4.47. The highest BCUT2D eigenvalue weighted by molar-refractivity contribution is 7.97. The lowest BCUT2D eigenvalue weighted by atomic mass is 10.5. The van der Waals surface area contributed by atoms with Crippen LogP contribution in [0, 0.1) is 0 Å². The highest BCUT2D eigenvalue weighted by Crippen LogP contribution is 2.24. The predicted octanol–water partition coefficient (Wildman–Crippen LogP) is 1.85. The third-order valence-electron chi connectivity index (χ3n) is 2.16. The van der Waals surface area contributed by atoms with Gasteiger partial charge in [-0.2, -0.15) is 5.01 Å². The van der Waals surface area contributed by atoms with E-state index in [2.05, 4.69) is 15.0 Å². The summed E-state index contributed by atoms with van der Waals surface area (Å²) in [5.74, 6) is 0. The number of aromatic nitrogens is 2. The minimum Gasteiger partial charge on any atom is -0.256 e. The molecule has 0 amide bonds. The number of hydrogen-bond donors (Lipinski definition) is 0. The van der Waals surface area contributed by atoms with Gasteiger partial charge in [0.2, 0.25) is 5.16 Å². The summed E-state index contributed by atoms with van der Waals surface area (Å²) in [6.45, 7) is 0.688. The van der Waals surface area contributed by atoms with Gasteiger partial charge in [-0.1, -0.05) is 0 Å². The Morgan fingerprint density at radius 2 is 2.44 bits per heavy atom. The van der Waals surface area contributed by atoms with Crippen molar-refractivity contribution in [1.82, 2.24) is 19.4 Å². The van der Waals surface area contributed by atoms with Crippen molar-refractivity contribution >= 4 is 39.8 Å². The van der Waals surface area contributed by atoms with Crippen molar-refractivity contribution in [1.29, 1.82) is 0 Å².